The van der Waals surface area contributed by atoms with Crippen molar-refractivity contribution in [1.82, 2.24) is 10.6 Å². The van der Waals surface area contributed by atoms with Crippen LogP contribution >= 0.6 is 35.6 Å². The molecule has 138 valence electrons. The molecule has 1 rings (SSSR count). The maximum absolute atomic E-state index is 11.3. The Morgan fingerprint density at radius 3 is 2.29 bits per heavy atom. The van der Waals surface area contributed by atoms with Crippen molar-refractivity contribution < 1.29 is 8.42 Å². The Balaban J connectivity index is 0.00000529. The second-order valence-electron chi connectivity index (χ2n) is 6.45. The van der Waals surface area contributed by atoms with Crippen LogP contribution in [-0.4, -0.2) is 40.0 Å². The lowest BCUT2D eigenvalue weighted by molar-refractivity contribution is 0.348. The van der Waals surface area contributed by atoms with E-state index in [9.17, 15) is 8.42 Å². The van der Waals surface area contributed by atoms with E-state index in [1.165, 1.54) is 6.26 Å². The van der Waals surface area contributed by atoms with Crippen LogP contribution in [0.5, 0.6) is 0 Å². The first kappa shape index (κ1) is 23.5. The van der Waals surface area contributed by atoms with Gasteiger partial charge >= 0.3 is 0 Å². The summed E-state index contributed by atoms with van der Waals surface area (Å²) >= 11 is 5.86. The molecule has 0 atom stereocenters. The molecule has 0 aliphatic heterocycles. The van der Waals surface area contributed by atoms with E-state index < -0.39 is 9.84 Å². The molecular weight excluding hydrogens is 461 g/mol. The van der Waals surface area contributed by atoms with Crippen molar-refractivity contribution >= 4 is 51.4 Å². The average Bonchev–Trinajstić information content (AvgIpc) is 2.47. The van der Waals surface area contributed by atoms with Gasteiger partial charge in [-0.25, -0.2) is 8.42 Å². The number of aliphatic imine (C=N–C) groups is 1. The summed E-state index contributed by atoms with van der Waals surface area (Å²) in [6, 6.07) is 7.61. The SMILES string of the molecule is CN=C(NCc1ccc(Cl)cc1)NCC(C)(C)CCS(C)(=O)=O.I. The van der Waals surface area contributed by atoms with Crippen LogP contribution in [0.15, 0.2) is 29.3 Å². The van der Waals surface area contributed by atoms with Crippen molar-refractivity contribution in [2.75, 3.05) is 25.6 Å². The minimum atomic E-state index is -2.94. The molecule has 0 aliphatic rings. The van der Waals surface area contributed by atoms with Gasteiger partial charge in [-0.3, -0.25) is 4.99 Å². The minimum absolute atomic E-state index is 0. The quantitative estimate of drug-likeness (QED) is 0.352. The number of halogens is 2. The van der Waals surface area contributed by atoms with Gasteiger partial charge in [0.25, 0.3) is 0 Å². The van der Waals surface area contributed by atoms with Crippen LogP contribution in [0.3, 0.4) is 0 Å². The molecule has 24 heavy (non-hydrogen) atoms. The second-order valence-corrected chi connectivity index (χ2v) is 9.15. The van der Waals surface area contributed by atoms with E-state index in [2.05, 4.69) is 15.6 Å². The van der Waals surface area contributed by atoms with E-state index >= 15 is 0 Å². The van der Waals surface area contributed by atoms with Crippen molar-refractivity contribution in [3.05, 3.63) is 34.9 Å². The van der Waals surface area contributed by atoms with Gasteiger partial charge in [0.15, 0.2) is 5.96 Å². The molecule has 0 unspecified atom stereocenters. The minimum Gasteiger partial charge on any atom is -0.356 e. The van der Waals surface area contributed by atoms with Gasteiger partial charge in [-0.1, -0.05) is 37.6 Å². The van der Waals surface area contributed by atoms with Crippen LogP contribution in [0.4, 0.5) is 0 Å². The van der Waals surface area contributed by atoms with Crippen LogP contribution in [-0.2, 0) is 16.4 Å². The summed E-state index contributed by atoms with van der Waals surface area (Å²) in [4.78, 5) is 4.18. The number of hydrogen-bond acceptors (Lipinski definition) is 3. The summed E-state index contributed by atoms with van der Waals surface area (Å²) in [5.74, 6) is 0.880. The summed E-state index contributed by atoms with van der Waals surface area (Å²) in [6.07, 6.45) is 1.87. The predicted octanol–water partition coefficient (Wildman–Crippen LogP) is 3.08. The molecule has 0 bridgehead atoms. The fraction of sp³-hybridized carbons (Fsp3) is 0.562. The van der Waals surface area contributed by atoms with E-state index in [4.69, 9.17) is 11.6 Å². The maximum Gasteiger partial charge on any atom is 0.191 e. The number of nitrogens with one attached hydrogen (secondary N) is 2. The number of hydrogen-bond donors (Lipinski definition) is 2. The number of nitrogens with zero attached hydrogens (tertiary/aromatic N) is 1. The zero-order chi connectivity index (χ0) is 17.5. The largest absolute Gasteiger partial charge is 0.356 e. The van der Waals surface area contributed by atoms with Crippen molar-refractivity contribution in [2.45, 2.75) is 26.8 Å². The molecule has 0 heterocycles. The van der Waals surface area contributed by atoms with Gasteiger partial charge in [0.05, 0.1) is 5.75 Å². The third-order valence-corrected chi connectivity index (χ3v) is 4.68. The Kier molecular flexibility index (Phi) is 10.2. The van der Waals surface area contributed by atoms with Gasteiger partial charge in [0, 0.05) is 31.4 Å². The van der Waals surface area contributed by atoms with Crippen LogP contribution in [0.1, 0.15) is 25.8 Å². The van der Waals surface area contributed by atoms with Crippen LogP contribution in [0.2, 0.25) is 5.02 Å². The summed E-state index contributed by atoms with van der Waals surface area (Å²) in [5, 5.41) is 7.19. The molecule has 5 nitrogen and oxygen atoms in total. The van der Waals surface area contributed by atoms with Crippen molar-refractivity contribution in [2.24, 2.45) is 10.4 Å². The predicted molar refractivity (Wildman–Crippen MR) is 113 cm³/mol. The van der Waals surface area contributed by atoms with Gasteiger partial charge in [-0.2, -0.15) is 0 Å². The van der Waals surface area contributed by atoms with E-state index in [1.807, 2.05) is 38.1 Å². The number of guanidine groups is 1. The standard InChI is InChI=1S/C16H26ClN3O2S.HI/c1-16(2,9-10-23(4,21)22)12-20-15(18-3)19-11-13-5-7-14(17)8-6-13;/h5-8H,9-12H2,1-4H3,(H2,18,19,20);1H. The molecule has 0 aromatic heterocycles. The number of rotatable bonds is 7. The van der Waals surface area contributed by atoms with Crippen LogP contribution in [0.25, 0.3) is 0 Å². The monoisotopic (exact) mass is 487 g/mol. The molecule has 0 saturated heterocycles. The van der Waals surface area contributed by atoms with Crippen molar-refractivity contribution in [3.63, 3.8) is 0 Å². The molecule has 0 amide bonds. The maximum atomic E-state index is 11.3. The number of benzene rings is 1. The van der Waals surface area contributed by atoms with E-state index in [1.54, 1.807) is 7.05 Å². The third kappa shape index (κ3) is 10.4. The Bertz CT molecular complexity index is 631. The van der Waals surface area contributed by atoms with Gasteiger partial charge in [0.2, 0.25) is 0 Å². The molecule has 8 heteroatoms. The molecule has 1 aromatic carbocycles. The molecule has 0 saturated carbocycles. The van der Waals surface area contributed by atoms with E-state index in [0.717, 1.165) is 5.56 Å². The fourth-order valence-corrected chi connectivity index (χ4v) is 2.93. The second kappa shape index (κ2) is 10.5. The third-order valence-electron chi connectivity index (χ3n) is 3.48. The highest BCUT2D eigenvalue weighted by Gasteiger charge is 2.20. The lowest BCUT2D eigenvalue weighted by Crippen LogP contribution is -2.42. The lowest BCUT2D eigenvalue weighted by atomic mass is 9.90. The first-order valence-corrected chi connectivity index (χ1v) is 9.92. The summed E-state index contributed by atoms with van der Waals surface area (Å²) in [7, 11) is -1.23. The van der Waals surface area contributed by atoms with Gasteiger partial charge in [0.1, 0.15) is 9.84 Å². The molecule has 2 N–H and O–H groups in total. The van der Waals surface area contributed by atoms with Gasteiger partial charge in [-0.15, -0.1) is 24.0 Å². The summed E-state index contributed by atoms with van der Waals surface area (Å²) in [5.41, 5.74) is 0.967. The molecular formula is C16H27ClIN3O2S. The topological polar surface area (TPSA) is 70.6 Å². The first-order chi connectivity index (χ1) is 10.6. The smallest absolute Gasteiger partial charge is 0.191 e. The molecule has 0 spiro atoms. The Morgan fingerprint density at radius 1 is 1.21 bits per heavy atom. The Hall–Kier alpha value is -0.540. The van der Waals surface area contributed by atoms with Gasteiger partial charge in [-0.05, 0) is 29.5 Å². The van der Waals surface area contributed by atoms with E-state index in [-0.39, 0.29) is 35.1 Å². The lowest BCUT2D eigenvalue weighted by Gasteiger charge is -2.25. The zero-order valence-corrected chi connectivity index (χ0v) is 18.5. The first-order valence-electron chi connectivity index (χ1n) is 7.48. The molecule has 0 fully saturated rings. The van der Waals surface area contributed by atoms with Crippen LogP contribution in [0, 0.1) is 5.41 Å². The number of sulfone groups is 1. The average molecular weight is 488 g/mol. The highest BCUT2D eigenvalue weighted by atomic mass is 127. The fourth-order valence-electron chi connectivity index (χ4n) is 1.88. The zero-order valence-electron chi connectivity index (χ0n) is 14.6. The normalized spacial score (nSPS) is 12.5. The van der Waals surface area contributed by atoms with Crippen LogP contribution < -0.4 is 10.6 Å². The molecule has 1 aromatic rings. The van der Waals surface area contributed by atoms with E-state index in [0.29, 0.717) is 30.5 Å². The molecule has 0 radical (unpaired) electrons. The highest BCUT2D eigenvalue weighted by Crippen LogP contribution is 2.19. The van der Waals surface area contributed by atoms with Crippen molar-refractivity contribution in [1.29, 1.82) is 0 Å². The summed E-state index contributed by atoms with van der Waals surface area (Å²) in [6.45, 7) is 5.36. The Labute approximate surface area is 167 Å². The Morgan fingerprint density at radius 2 is 1.79 bits per heavy atom. The highest BCUT2D eigenvalue weighted by molar-refractivity contribution is 14.0. The summed E-state index contributed by atoms with van der Waals surface area (Å²) < 4.78 is 22.6. The molecule has 0 aliphatic carbocycles. The van der Waals surface area contributed by atoms with Gasteiger partial charge < -0.3 is 10.6 Å². The van der Waals surface area contributed by atoms with Crippen molar-refractivity contribution in [3.8, 4) is 0 Å².